The normalized spacial score (nSPS) is 18.7. The Hall–Kier alpha value is -2.50. The van der Waals surface area contributed by atoms with Crippen LogP contribution < -0.4 is 15.8 Å². The van der Waals surface area contributed by atoms with Gasteiger partial charge in [-0.05, 0) is 12.1 Å². The monoisotopic (exact) mass is 246 g/mol. The highest BCUT2D eigenvalue weighted by Crippen LogP contribution is 2.34. The Morgan fingerprint density at radius 1 is 1.39 bits per heavy atom. The predicted octanol–water partition coefficient (Wildman–Crippen LogP) is 0.409. The van der Waals surface area contributed by atoms with Crippen LogP contribution in [0.2, 0.25) is 0 Å². The molecule has 6 heteroatoms. The smallest absolute Gasteiger partial charge is 0.291 e. The second-order valence-corrected chi connectivity index (χ2v) is 4.00. The highest BCUT2D eigenvalue weighted by Gasteiger charge is 2.30. The fourth-order valence-electron chi connectivity index (χ4n) is 1.90. The number of nitrogens with two attached hydrogens (primary N) is 1. The van der Waals surface area contributed by atoms with Crippen molar-refractivity contribution in [3.05, 3.63) is 30.0 Å². The number of carbonyl (C=O) groups is 2. The number of para-hydroxylation sites is 1. The molecule has 0 saturated carbocycles. The maximum atomic E-state index is 11.9. The SMILES string of the molecule is NC(=O)C1COc2c(oc3ccccc23)C(=O)N1. The molecular weight excluding hydrogens is 236 g/mol. The predicted molar refractivity (Wildman–Crippen MR) is 62.2 cm³/mol. The molecule has 0 saturated heterocycles. The molecule has 0 fully saturated rings. The first-order valence-corrected chi connectivity index (χ1v) is 5.41. The molecule has 0 spiro atoms. The Morgan fingerprint density at radius 2 is 2.17 bits per heavy atom. The van der Waals surface area contributed by atoms with Gasteiger partial charge in [0.15, 0.2) is 5.75 Å². The van der Waals surface area contributed by atoms with E-state index in [2.05, 4.69) is 5.32 Å². The minimum absolute atomic E-state index is 0.00238. The van der Waals surface area contributed by atoms with E-state index in [1.54, 1.807) is 18.2 Å². The molecule has 3 rings (SSSR count). The summed E-state index contributed by atoms with van der Waals surface area (Å²) in [6.07, 6.45) is 0. The van der Waals surface area contributed by atoms with Crippen LogP contribution in [-0.2, 0) is 4.79 Å². The van der Waals surface area contributed by atoms with Crippen molar-refractivity contribution in [3.8, 4) is 5.75 Å². The lowest BCUT2D eigenvalue weighted by atomic mass is 10.2. The van der Waals surface area contributed by atoms with Crippen LogP contribution in [0, 0.1) is 0 Å². The number of carbonyl (C=O) groups excluding carboxylic acids is 2. The molecule has 6 nitrogen and oxygen atoms in total. The molecule has 0 radical (unpaired) electrons. The number of primary amides is 1. The highest BCUT2D eigenvalue weighted by molar-refractivity contribution is 6.03. The van der Waals surface area contributed by atoms with Gasteiger partial charge in [-0.1, -0.05) is 12.1 Å². The van der Waals surface area contributed by atoms with Crippen LogP contribution in [0.4, 0.5) is 0 Å². The molecule has 92 valence electrons. The maximum Gasteiger partial charge on any atom is 0.291 e. The molecule has 0 aliphatic carbocycles. The first-order chi connectivity index (χ1) is 8.66. The van der Waals surface area contributed by atoms with E-state index >= 15 is 0 Å². The third-order valence-corrected chi connectivity index (χ3v) is 2.80. The van der Waals surface area contributed by atoms with E-state index in [9.17, 15) is 9.59 Å². The molecule has 1 atom stereocenters. The van der Waals surface area contributed by atoms with Gasteiger partial charge in [-0.15, -0.1) is 0 Å². The summed E-state index contributed by atoms with van der Waals surface area (Å²) in [5, 5.41) is 3.16. The summed E-state index contributed by atoms with van der Waals surface area (Å²) in [6.45, 7) is -0.00238. The van der Waals surface area contributed by atoms with Crippen molar-refractivity contribution >= 4 is 22.8 Å². The zero-order chi connectivity index (χ0) is 12.7. The third kappa shape index (κ3) is 1.50. The van der Waals surface area contributed by atoms with Crippen molar-refractivity contribution in [2.24, 2.45) is 5.73 Å². The Bertz CT molecular complexity index is 647. The summed E-state index contributed by atoms with van der Waals surface area (Å²) >= 11 is 0. The Labute approximate surface area is 102 Å². The molecule has 1 unspecified atom stereocenters. The van der Waals surface area contributed by atoms with Gasteiger partial charge >= 0.3 is 0 Å². The largest absolute Gasteiger partial charge is 0.486 e. The zero-order valence-electron chi connectivity index (χ0n) is 9.30. The number of ether oxygens (including phenoxy) is 1. The average Bonchev–Trinajstić information content (AvgIpc) is 2.64. The number of hydrogen-bond acceptors (Lipinski definition) is 4. The molecule has 1 aromatic heterocycles. The van der Waals surface area contributed by atoms with Crippen LogP contribution in [0.3, 0.4) is 0 Å². The number of amides is 2. The Balaban J connectivity index is 2.10. The van der Waals surface area contributed by atoms with Gasteiger partial charge in [0.1, 0.15) is 18.2 Å². The fraction of sp³-hybridized carbons (Fsp3) is 0.167. The average molecular weight is 246 g/mol. The third-order valence-electron chi connectivity index (χ3n) is 2.80. The minimum Gasteiger partial charge on any atom is -0.486 e. The number of fused-ring (bicyclic) bond motifs is 3. The molecule has 2 amide bonds. The number of rotatable bonds is 1. The van der Waals surface area contributed by atoms with Gasteiger partial charge in [-0.2, -0.15) is 0 Å². The van der Waals surface area contributed by atoms with Crippen molar-refractivity contribution in [1.29, 1.82) is 0 Å². The number of benzene rings is 1. The molecule has 1 aromatic carbocycles. The van der Waals surface area contributed by atoms with Gasteiger partial charge in [0.05, 0.1) is 5.39 Å². The van der Waals surface area contributed by atoms with Gasteiger partial charge < -0.3 is 20.2 Å². The van der Waals surface area contributed by atoms with Crippen molar-refractivity contribution in [2.45, 2.75) is 6.04 Å². The molecule has 1 aliphatic rings. The first kappa shape index (κ1) is 10.6. The van der Waals surface area contributed by atoms with Crippen LogP contribution in [-0.4, -0.2) is 24.5 Å². The zero-order valence-corrected chi connectivity index (χ0v) is 9.30. The van der Waals surface area contributed by atoms with Crippen LogP contribution in [0.15, 0.2) is 28.7 Å². The minimum atomic E-state index is -0.848. The lowest BCUT2D eigenvalue weighted by molar-refractivity contribution is -0.120. The molecule has 18 heavy (non-hydrogen) atoms. The standard InChI is InChI=1S/C12H10N2O4/c13-11(15)7-5-17-9-6-3-1-2-4-8(6)18-10(9)12(16)14-7/h1-4,7H,5H2,(H2,13,15)(H,14,16). The molecule has 2 heterocycles. The summed E-state index contributed by atoms with van der Waals surface area (Å²) in [4.78, 5) is 23.0. The Morgan fingerprint density at radius 3 is 2.94 bits per heavy atom. The van der Waals surface area contributed by atoms with Crippen LogP contribution in [0.5, 0.6) is 5.75 Å². The van der Waals surface area contributed by atoms with Gasteiger partial charge in [-0.3, -0.25) is 9.59 Å². The van der Waals surface area contributed by atoms with Gasteiger partial charge in [0, 0.05) is 0 Å². The summed E-state index contributed by atoms with van der Waals surface area (Å²) in [6, 6.07) is 6.30. The number of furan rings is 1. The van der Waals surface area contributed by atoms with Crippen LogP contribution >= 0.6 is 0 Å². The summed E-state index contributed by atoms with van der Waals surface area (Å²) < 4.78 is 10.9. The van der Waals surface area contributed by atoms with Crippen LogP contribution in [0.25, 0.3) is 11.0 Å². The summed E-state index contributed by atoms with van der Waals surface area (Å²) in [5.74, 6) is -0.716. The quantitative estimate of drug-likeness (QED) is 0.761. The van der Waals surface area contributed by atoms with Crippen molar-refractivity contribution in [3.63, 3.8) is 0 Å². The molecule has 3 N–H and O–H groups in total. The van der Waals surface area contributed by atoms with E-state index in [0.717, 1.165) is 0 Å². The maximum absolute atomic E-state index is 11.9. The number of hydrogen-bond donors (Lipinski definition) is 2. The van der Waals surface area contributed by atoms with Gasteiger partial charge in [0.2, 0.25) is 11.7 Å². The van der Waals surface area contributed by atoms with Crippen molar-refractivity contribution < 1.29 is 18.7 Å². The van der Waals surface area contributed by atoms with Crippen LogP contribution in [0.1, 0.15) is 10.6 Å². The van der Waals surface area contributed by atoms with E-state index in [1.165, 1.54) is 0 Å². The van der Waals surface area contributed by atoms with E-state index in [4.69, 9.17) is 14.9 Å². The lowest BCUT2D eigenvalue weighted by Crippen LogP contribution is -2.46. The second kappa shape index (κ2) is 3.76. The number of nitrogens with one attached hydrogen (secondary N) is 1. The lowest BCUT2D eigenvalue weighted by Gasteiger charge is -2.10. The highest BCUT2D eigenvalue weighted by atomic mass is 16.5. The molecular formula is C12H10N2O4. The topological polar surface area (TPSA) is 94.6 Å². The molecule has 0 bridgehead atoms. The van der Waals surface area contributed by atoms with E-state index in [-0.39, 0.29) is 12.4 Å². The Kier molecular flexibility index (Phi) is 2.22. The van der Waals surface area contributed by atoms with Crippen molar-refractivity contribution in [1.82, 2.24) is 5.32 Å². The first-order valence-electron chi connectivity index (χ1n) is 5.41. The molecule has 1 aliphatic heterocycles. The van der Waals surface area contributed by atoms with E-state index in [0.29, 0.717) is 16.7 Å². The fourth-order valence-corrected chi connectivity index (χ4v) is 1.90. The summed E-state index contributed by atoms with van der Waals surface area (Å²) in [7, 11) is 0. The second-order valence-electron chi connectivity index (χ2n) is 4.00. The molecule has 2 aromatic rings. The van der Waals surface area contributed by atoms with Gasteiger partial charge in [-0.25, -0.2) is 0 Å². The van der Waals surface area contributed by atoms with Crippen molar-refractivity contribution in [2.75, 3.05) is 6.61 Å². The van der Waals surface area contributed by atoms with E-state index < -0.39 is 17.9 Å². The van der Waals surface area contributed by atoms with Gasteiger partial charge in [0.25, 0.3) is 5.91 Å². The van der Waals surface area contributed by atoms with E-state index in [1.807, 2.05) is 6.07 Å². The summed E-state index contributed by atoms with van der Waals surface area (Å²) in [5.41, 5.74) is 5.72.